The lowest BCUT2D eigenvalue weighted by Crippen LogP contribution is -2.20. The van der Waals surface area contributed by atoms with E-state index in [-0.39, 0.29) is 0 Å². The Kier molecular flexibility index (Phi) is 3.34. The number of halogens is 1. The van der Waals surface area contributed by atoms with Crippen LogP contribution < -0.4 is 0 Å². The van der Waals surface area contributed by atoms with Crippen molar-refractivity contribution in [3.8, 4) is 10.6 Å². The van der Waals surface area contributed by atoms with Gasteiger partial charge in [0.15, 0.2) is 5.82 Å². The lowest BCUT2D eigenvalue weighted by atomic mass is 10.1. The number of aryl methyl sites for hydroxylation is 1. The van der Waals surface area contributed by atoms with Crippen LogP contribution in [0.15, 0.2) is 22.0 Å². The number of aliphatic hydroxyl groups is 1. The molecule has 0 fully saturated rings. The van der Waals surface area contributed by atoms with Crippen molar-refractivity contribution < 1.29 is 5.11 Å². The molecule has 0 aliphatic rings. The molecule has 17 heavy (non-hydrogen) atoms. The summed E-state index contributed by atoms with van der Waals surface area (Å²) in [5.41, 5.74) is 0.692. The maximum atomic E-state index is 9.96. The molecule has 1 N–H and O–H groups in total. The Morgan fingerprint density at radius 3 is 2.53 bits per heavy atom. The van der Waals surface area contributed by atoms with E-state index in [9.17, 15) is 5.11 Å². The Hall–Kier alpha value is -0.780. The van der Waals surface area contributed by atoms with Crippen LogP contribution in [-0.4, -0.2) is 15.1 Å². The molecule has 2 rings (SSSR count). The third-order valence-corrected chi connectivity index (χ3v) is 3.93. The number of rotatable bonds is 2. The molecule has 0 bridgehead atoms. The highest BCUT2D eigenvalue weighted by molar-refractivity contribution is 9.10. The van der Waals surface area contributed by atoms with Gasteiger partial charge in [-0.1, -0.05) is 0 Å². The quantitative estimate of drug-likeness (QED) is 0.923. The zero-order valence-electron chi connectivity index (χ0n) is 9.86. The van der Waals surface area contributed by atoms with Crippen molar-refractivity contribution in [2.45, 2.75) is 26.4 Å². The normalized spacial score (nSPS) is 11.8. The first kappa shape index (κ1) is 12.7. The van der Waals surface area contributed by atoms with Gasteiger partial charge in [-0.3, -0.25) is 0 Å². The average molecular weight is 313 g/mol. The van der Waals surface area contributed by atoms with Crippen molar-refractivity contribution in [3.05, 3.63) is 33.5 Å². The second kappa shape index (κ2) is 4.48. The standard InChI is InChI=1S/C12H13BrN2OS/c1-7-4-9(10-5-8(13)6-17-10)15-11(14-7)12(2,3)16/h4-6,16H,1-3H3. The summed E-state index contributed by atoms with van der Waals surface area (Å²) in [6.45, 7) is 5.29. The predicted octanol–water partition coefficient (Wildman–Crippen LogP) is 3.50. The third kappa shape index (κ3) is 2.91. The molecule has 0 spiro atoms. The highest BCUT2D eigenvalue weighted by Crippen LogP contribution is 2.30. The SMILES string of the molecule is Cc1cc(-c2cc(Br)cs2)nc(C(C)(C)O)n1. The molecular formula is C12H13BrN2OS. The summed E-state index contributed by atoms with van der Waals surface area (Å²) >= 11 is 5.04. The molecule has 3 nitrogen and oxygen atoms in total. The predicted molar refractivity (Wildman–Crippen MR) is 73.0 cm³/mol. The Bertz CT molecular complexity index is 546. The summed E-state index contributed by atoms with van der Waals surface area (Å²) in [5, 5.41) is 12.0. The minimum atomic E-state index is -1.02. The monoisotopic (exact) mass is 312 g/mol. The highest BCUT2D eigenvalue weighted by atomic mass is 79.9. The van der Waals surface area contributed by atoms with Gasteiger partial charge in [0.1, 0.15) is 5.60 Å². The first-order valence-corrected chi connectivity index (χ1v) is 6.86. The summed E-state index contributed by atoms with van der Waals surface area (Å²) in [5.74, 6) is 0.456. The lowest BCUT2D eigenvalue weighted by molar-refractivity contribution is 0.0686. The molecule has 0 amide bonds. The van der Waals surface area contributed by atoms with Crippen molar-refractivity contribution >= 4 is 27.3 Å². The number of nitrogens with zero attached hydrogens (tertiary/aromatic N) is 2. The fraction of sp³-hybridized carbons (Fsp3) is 0.333. The van der Waals surface area contributed by atoms with Crippen LogP contribution in [0.1, 0.15) is 25.4 Å². The van der Waals surface area contributed by atoms with Crippen LogP contribution in [-0.2, 0) is 5.60 Å². The number of hydrogen-bond acceptors (Lipinski definition) is 4. The fourth-order valence-corrected chi connectivity index (χ4v) is 2.80. The van der Waals surface area contributed by atoms with E-state index in [1.165, 1.54) is 0 Å². The van der Waals surface area contributed by atoms with Gasteiger partial charge < -0.3 is 5.11 Å². The Balaban J connectivity index is 2.52. The van der Waals surface area contributed by atoms with Gasteiger partial charge in [0.05, 0.1) is 10.6 Å². The van der Waals surface area contributed by atoms with Crippen LogP contribution >= 0.6 is 27.3 Å². The molecule has 0 aliphatic heterocycles. The lowest BCUT2D eigenvalue weighted by Gasteiger charge is -2.16. The molecule has 0 radical (unpaired) electrons. The largest absolute Gasteiger partial charge is 0.382 e. The molecule has 0 unspecified atom stereocenters. The second-order valence-corrected chi connectivity index (χ2v) is 6.23. The van der Waals surface area contributed by atoms with Crippen LogP contribution in [0.3, 0.4) is 0 Å². The first-order valence-electron chi connectivity index (χ1n) is 5.19. The van der Waals surface area contributed by atoms with Crippen molar-refractivity contribution in [1.82, 2.24) is 9.97 Å². The van der Waals surface area contributed by atoms with Crippen LogP contribution in [0.2, 0.25) is 0 Å². The van der Waals surface area contributed by atoms with Crippen LogP contribution in [0.25, 0.3) is 10.6 Å². The van der Waals surface area contributed by atoms with E-state index in [2.05, 4.69) is 25.9 Å². The van der Waals surface area contributed by atoms with Crippen LogP contribution in [0.5, 0.6) is 0 Å². The van der Waals surface area contributed by atoms with Crippen LogP contribution in [0, 0.1) is 6.92 Å². The molecule has 90 valence electrons. The van der Waals surface area contributed by atoms with Gasteiger partial charge in [-0.05, 0) is 48.8 Å². The van der Waals surface area contributed by atoms with Gasteiger partial charge >= 0.3 is 0 Å². The van der Waals surface area contributed by atoms with E-state index in [0.717, 1.165) is 20.7 Å². The van der Waals surface area contributed by atoms with Crippen molar-refractivity contribution in [1.29, 1.82) is 0 Å². The molecule has 2 heterocycles. The average Bonchev–Trinajstić information content (AvgIpc) is 2.62. The second-order valence-electron chi connectivity index (χ2n) is 4.41. The molecule has 0 saturated heterocycles. The number of thiophene rings is 1. The van der Waals surface area contributed by atoms with Crippen molar-refractivity contribution in [2.75, 3.05) is 0 Å². The third-order valence-electron chi connectivity index (χ3n) is 2.22. The minimum Gasteiger partial charge on any atom is -0.382 e. The number of hydrogen-bond donors (Lipinski definition) is 1. The van der Waals surface area contributed by atoms with E-state index in [4.69, 9.17) is 0 Å². The maximum absolute atomic E-state index is 9.96. The highest BCUT2D eigenvalue weighted by Gasteiger charge is 2.21. The van der Waals surface area contributed by atoms with E-state index >= 15 is 0 Å². The molecular weight excluding hydrogens is 300 g/mol. The molecule has 2 aromatic rings. The van der Waals surface area contributed by atoms with Gasteiger partial charge in [-0.2, -0.15) is 0 Å². The van der Waals surface area contributed by atoms with Gasteiger partial charge in [-0.15, -0.1) is 11.3 Å². The van der Waals surface area contributed by atoms with Gasteiger partial charge in [0, 0.05) is 15.5 Å². The molecule has 2 aromatic heterocycles. The molecule has 5 heteroatoms. The Morgan fingerprint density at radius 1 is 1.29 bits per heavy atom. The molecule has 0 aromatic carbocycles. The Labute approximate surface area is 113 Å². The summed E-state index contributed by atoms with van der Waals surface area (Å²) in [6.07, 6.45) is 0. The summed E-state index contributed by atoms with van der Waals surface area (Å²) in [6, 6.07) is 3.94. The van der Waals surface area contributed by atoms with Crippen LogP contribution in [0.4, 0.5) is 0 Å². The summed E-state index contributed by atoms with van der Waals surface area (Å²) < 4.78 is 1.04. The van der Waals surface area contributed by atoms with Gasteiger partial charge in [-0.25, -0.2) is 9.97 Å². The zero-order chi connectivity index (χ0) is 12.6. The molecule has 0 atom stereocenters. The summed E-state index contributed by atoms with van der Waals surface area (Å²) in [4.78, 5) is 9.75. The van der Waals surface area contributed by atoms with E-state index < -0.39 is 5.60 Å². The van der Waals surface area contributed by atoms with Gasteiger partial charge in [0.25, 0.3) is 0 Å². The Morgan fingerprint density at radius 2 is 2.00 bits per heavy atom. The summed E-state index contributed by atoms with van der Waals surface area (Å²) in [7, 11) is 0. The van der Waals surface area contributed by atoms with E-state index in [1.54, 1.807) is 25.2 Å². The van der Waals surface area contributed by atoms with Crippen molar-refractivity contribution in [3.63, 3.8) is 0 Å². The fourth-order valence-electron chi connectivity index (χ4n) is 1.42. The first-order chi connectivity index (χ1) is 7.86. The topological polar surface area (TPSA) is 46.0 Å². The molecule has 0 aliphatic carbocycles. The van der Waals surface area contributed by atoms with Gasteiger partial charge in [0.2, 0.25) is 0 Å². The zero-order valence-corrected chi connectivity index (χ0v) is 12.3. The minimum absolute atomic E-state index is 0.456. The molecule has 0 saturated carbocycles. The van der Waals surface area contributed by atoms with E-state index in [0.29, 0.717) is 5.82 Å². The maximum Gasteiger partial charge on any atom is 0.160 e. The van der Waals surface area contributed by atoms with E-state index in [1.807, 2.05) is 24.4 Å². The number of aromatic nitrogens is 2. The smallest absolute Gasteiger partial charge is 0.160 e. The van der Waals surface area contributed by atoms with Crippen molar-refractivity contribution in [2.24, 2.45) is 0 Å².